The van der Waals surface area contributed by atoms with E-state index in [2.05, 4.69) is 25.5 Å². The molecule has 1 aromatic carbocycles. The highest BCUT2D eigenvalue weighted by Crippen LogP contribution is 2.19. The molecule has 0 atom stereocenters. The summed E-state index contributed by atoms with van der Waals surface area (Å²) in [6, 6.07) is 4.76. The van der Waals surface area contributed by atoms with Crippen molar-refractivity contribution in [3.8, 4) is 0 Å². The number of guanidine groups is 1. The Balaban J connectivity index is 1.40. The van der Waals surface area contributed by atoms with Gasteiger partial charge in [-0.2, -0.15) is 0 Å². The smallest absolute Gasteiger partial charge is 0.191 e. The summed E-state index contributed by atoms with van der Waals surface area (Å²) in [5.41, 5.74) is 1.93. The van der Waals surface area contributed by atoms with Gasteiger partial charge in [0.1, 0.15) is 5.82 Å². The largest absolute Gasteiger partial charge is 0.361 e. The highest BCUT2D eigenvalue weighted by atomic mass is 32.2. The SMILES string of the molecule is CN=C(NCCc1c[nH]c2cc(F)ccc12)NCCN1CCS(=O)(=O)CC1. The molecule has 2 heterocycles. The van der Waals surface area contributed by atoms with Gasteiger partial charge in [-0.05, 0) is 30.2 Å². The van der Waals surface area contributed by atoms with E-state index in [0.717, 1.165) is 29.4 Å². The molecule has 7 nitrogen and oxygen atoms in total. The number of fused-ring (bicyclic) bond motifs is 1. The molecule has 0 unspecified atom stereocenters. The average molecular weight is 396 g/mol. The van der Waals surface area contributed by atoms with Crippen LogP contribution in [0.3, 0.4) is 0 Å². The lowest BCUT2D eigenvalue weighted by atomic mass is 10.1. The molecular formula is C18H26FN5O2S. The van der Waals surface area contributed by atoms with E-state index in [9.17, 15) is 12.8 Å². The first kappa shape index (κ1) is 19.6. The van der Waals surface area contributed by atoms with Crippen molar-refractivity contribution in [2.45, 2.75) is 6.42 Å². The summed E-state index contributed by atoms with van der Waals surface area (Å²) in [5.74, 6) is 0.957. The van der Waals surface area contributed by atoms with Crippen molar-refractivity contribution in [1.82, 2.24) is 20.5 Å². The van der Waals surface area contributed by atoms with Crippen LogP contribution in [0.15, 0.2) is 29.4 Å². The van der Waals surface area contributed by atoms with E-state index in [0.29, 0.717) is 32.1 Å². The first-order valence-electron chi connectivity index (χ1n) is 9.10. The van der Waals surface area contributed by atoms with Gasteiger partial charge in [0.2, 0.25) is 0 Å². The fourth-order valence-electron chi connectivity index (χ4n) is 3.21. The lowest BCUT2D eigenvalue weighted by Gasteiger charge is -2.26. The second-order valence-corrected chi connectivity index (χ2v) is 8.98. The van der Waals surface area contributed by atoms with Crippen LogP contribution in [-0.4, -0.2) is 75.5 Å². The second kappa shape index (κ2) is 8.71. The van der Waals surface area contributed by atoms with Gasteiger partial charge in [-0.1, -0.05) is 0 Å². The van der Waals surface area contributed by atoms with E-state index in [1.54, 1.807) is 13.1 Å². The monoisotopic (exact) mass is 395 g/mol. The number of hydrogen-bond donors (Lipinski definition) is 3. The van der Waals surface area contributed by atoms with E-state index in [4.69, 9.17) is 0 Å². The Labute approximate surface area is 159 Å². The predicted molar refractivity (Wildman–Crippen MR) is 106 cm³/mol. The Bertz CT molecular complexity index is 896. The molecule has 0 aliphatic carbocycles. The molecule has 0 spiro atoms. The Kier molecular flexibility index (Phi) is 6.33. The lowest BCUT2D eigenvalue weighted by Crippen LogP contribution is -2.46. The summed E-state index contributed by atoms with van der Waals surface area (Å²) in [4.78, 5) is 9.45. The summed E-state index contributed by atoms with van der Waals surface area (Å²) < 4.78 is 36.1. The Morgan fingerprint density at radius 3 is 2.74 bits per heavy atom. The number of hydrogen-bond acceptors (Lipinski definition) is 4. The van der Waals surface area contributed by atoms with Crippen LogP contribution in [0.5, 0.6) is 0 Å². The molecule has 0 bridgehead atoms. The Morgan fingerprint density at radius 2 is 2.00 bits per heavy atom. The fourth-order valence-corrected chi connectivity index (χ4v) is 4.48. The second-order valence-electron chi connectivity index (χ2n) is 6.67. The molecule has 1 aromatic heterocycles. The normalized spacial score (nSPS) is 17.9. The summed E-state index contributed by atoms with van der Waals surface area (Å²) in [6.07, 6.45) is 2.70. The minimum absolute atomic E-state index is 0.245. The van der Waals surface area contributed by atoms with Crippen molar-refractivity contribution in [2.24, 2.45) is 4.99 Å². The van der Waals surface area contributed by atoms with Crippen molar-refractivity contribution < 1.29 is 12.8 Å². The summed E-state index contributed by atoms with van der Waals surface area (Å²) >= 11 is 0. The van der Waals surface area contributed by atoms with Crippen molar-refractivity contribution in [3.05, 3.63) is 35.8 Å². The van der Waals surface area contributed by atoms with Gasteiger partial charge in [-0.3, -0.25) is 9.89 Å². The molecule has 1 fully saturated rings. The number of benzene rings is 1. The number of nitrogens with one attached hydrogen (secondary N) is 3. The van der Waals surface area contributed by atoms with E-state index < -0.39 is 9.84 Å². The minimum atomic E-state index is -2.83. The number of nitrogens with zero attached hydrogens (tertiary/aromatic N) is 2. The van der Waals surface area contributed by atoms with Gasteiger partial charge in [0.05, 0.1) is 11.5 Å². The number of aliphatic imine (C=N–C) groups is 1. The zero-order chi connectivity index (χ0) is 19.3. The van der Waals surface area contributed by atoms with Gasteiger partial charge in [0, 0.05) is 56.9 Å². The van der Waals surface area contributed by atoms with Gasteiger partial charge >= 0.3 is 0 Å². The molecule has 2 aromatic rings. The predicted octanol–water partition coefficient (Wildman–Crippen LogP) is 0.745. The van der Waals surface area contributed by atoms with Crippen LogP contribution in [0.4, 0.5) is 4.39 Å². The van der Waals surface area contributed by atoms with Crippen molar-refractivity contribution in [1.29, 1.82) is 0 Å². The standard InChI is InChI=1S/C18H26FN5O2S/c1-20-18(22-6-7-24-8-10-27(25,26)11-9-24)21-5-4-14-13-23-17-12-15(19)2-3-16(14)17/h2-3,12-13,23H,4-11H2,1H3,(H2,20,21,22). The van der Waals surface area contributed by atoms with Gasteiger partial charge in [0.25, 0.3) is 0 Å². The number of aromatic nitrogens is 1. The number of aromatic amines is 1. The maximum absolute atomic E-state index is 13.3. The van der Waals surface area contributed by atoms with Crippen molar-refractivity contribution in [3.63, 3.8) is 0 Å². The highest BCUT2D eigenvalue weighted by molar-refractivity contribution is 7.91. The van der Waals surface area contributed by atoms with Crippen LogP contribution in [0, 0.1) is 5.82 Å². The van der Waals surface area contributed by atoms with Gasteiger partial charge in [0.15, 0.2) is 15.8 Å². The third-order valence-corrected chi connectivity index (χ3v) is 6.41. The van der Waals surface area contributed by atoms with Crippen LogP contribution in [-0.2, 0) is 16.3 Å². The Hall–Kier alpha value is -2.13. The van der Waals surface area contributed by atoms with E-state index in [1.165, 1.54) is 12.1 Å². The summed E-state index contributed by atoms with van der Waals surface area (Å²) in [6.45, 7) is 3.37. The van der Waals surface area contributed by atoms with Gasteiger partial charge in [-0.15, -0.1) is 0 Å². The first-order valence-corrected chi connectivity index (χ1v) is 10.9. The fraction of sp³-hybridized carbons (Fsp3) is 0.500. The topological polar surface area (TPSA) is 89.6 Å². The molecule has 9 heteroatoms. The van der Waals surface area contributed by atoms with Crippen LogP contribution in [0.2, 0.25) is 0 Å². The molecule has 0 radical (unpaired) electrons. The summed E-state index contributed by atoms with van der Waals surface area (Å²) in [5, 5.41) is 7.55. The highest BCUT2D eigenvalue weighted by Gasteiger charge is 2.20. The molecule has 27 heavy (non-hydrogen) atoms. The maximum Gasteiger partial charge on any atom is 0.191 e. The minimum Gasteiger partial charge on any atom is -0.361 e. The molecule has 3 rings (SSSR count). The molecule has 1 aliphatic rings. The van der Waals surface area contributed by atoms with E-state index >= 15 is 0 Å². The number of halogens is 1. The molecule has 1 aliphatic heterocycles. The Morgan fingerprint density at radius 1 is 1.26 bits per heavy atom. The average Bonchev–Trinajstić information content (AvgIpc) is 3.03. The molecule has 1 saturated heterocycles. The number of sulfone groups is 1. The van der Waals surface area contributed by atoms with Crippen LogP contribution in [0.1, 0.15) is 5.56 Å². The lowest BCUT2D eigenvalue weighted by molar-refractivity contribution is 0.299. The third-order valence-electron chi connectivity index (χ3n) is 4.80. The van der Waals surface area contributed by atoms with E-state index in [-0.39, 0.29) is 17.3 Å². The van der Waals surface area contributed by atoms with E-state index in [1.807, 2.05) is 6.20 Å². The number of H-pyrrole nitrogens is 1. The third kappa shape index (κ3) is 5.43. The van der Waals surface area contributed by atoms with Crippen molar-refractivity contribution >= 4 is 26.7 Å². The first-order chi connectivity index (χ1) is 13.0. The van der Waals surface area contributed by atoms with Crippen LogP contribution in [0.25, 0.3) is 10.9 Å². The molecule has 3 N–H and O–H groups in total. The quantitative estimate of drug-likeness (QED) is 0.496. The molecule has 0 saturated carbocycles. The maximum atomic E-state index is 13.3. The van der Waals surface area contributed by atoms with Gasteiger partial charge < -0.3 is 15.6 Å². The summed E-state index contributed by atoms with van der Waals surface area (Å²) in [7, 11) is -1.12. The molecule has 0 amide bonds. The molecular weight excluding hydrogens is 369 g/mol. The van der Waals surface area contributed by atoms with Crippen LogP contribution < -0.4 is 10.6 Å². The zero-order valence-electron chi connectivity index (χ0n) is 15.5. The van der Waals surface area contributed by atoms with Crippen molar-refractivity contribution in [2.75, 3.05) is 51.3 Å². The zero-order valence-corrected chi connectivity index (χ0v) is 16.3. The number of rotatable bonds is 6. The van der Waals surface area contributed by atoms with Crippen LogP contribution >= 0.6 is 0 Å². The molecule has 148 valence electrons. The van der Waals surface area contributed by atoms with Gasteiger partial charge in [-0.25, -0.2) is 12.8 Å².